The molecule has 0 unspecified atom stereocenters. The van der Waals surface area contributed by atoms with E-state index in [1.807, 2.05) is 25.1 Å². The van der Waals surface area contributed by atoms with Gasteiger partial charge in [-0.15, -0.1) is 10.8 Å². The Morgan fingerprint density at radius 2 is 2.16 bits per heavy atom. The number of methoxy groups -OCH3 is 1. The first-order valence-corrected chi connectivity index (χ1v) is 12.4. The van der Waals surface area contributed by atoms with Crippen molar-refractivity contribution in [2.24, 2.45) is 10.7 Å². The molecule has 9 nitrogen and oxygen atoms in total. The van der Waals surface area contributed by atoms with Gasteiger partial charge in [0.15, 0.2) is 11.4 Å². The van der Waals surface area contributed by atoms with Gasteiger partial charge in [0.05, 0.1) is 12.4 Å². The molecule has 172 valence electrons. The number of aryl methyl sites for hydroxylation is 1. The third-order valence-electron chi connectivity index (χ3n) is 6.16. The number of hydrogen-bond acceptors (Lipinski definition) is 8. The molecule has 32 heavy (non-hydrogen) atoms. The van der Waals surface area contributed by atoms with E-state index in [0.717, 1.165) is 24.0 Å². The van der Waals surface area contributed by atoms with Crippen molar-refractivity contribution >= 4 is 44.3 Å². The number of aromatic nitrogens is 1. The molecule has 0 spiro atoms. The molecule has 0 saturated carbocycles. The minimum absolute atomic E-state index is 0.0786. The van der Waals surface area contributed by atoms with Gasteiger partial charge < -0.3 is 15.8 Å². The van der Waals surface area contributed by atoms with Crippen LogP contribution in [-0.2, 0) is 12.0 Å². The van der Waals surface area contributed by atoms with Crippen molar-refractivity contribution < 1.29 is 18.6 Å². The Kier molecular flexibility index (Phi) is 5.86. The van der Waals surface area contributed by atoms with E-state index in [-0.39, 0.29) is 11.7 Å². The topological polar surface area (TPSA) is 133 Å². The Balaban J connectivity index is 1.74. The molecule has 1 aromatic heterocycles. The monoisotopic (exact) mass is 523 g/mol. The van der Waals surface area contributed by atoms with Crippen LogP contribution in [0.1, 0.15) is 41.4 Å². The Labute approximate surface area is 196 Å². The molecule has 1 aliphatic carbocycles. The number of fused-ring (bicyclic) bond motifs is 3. The summed E-state index contributed by atoms with van der Waals surface area (Å²) in [5, 5.41) is 2.35. The number of benzene rings is 1. The summed E-state index contributed by atoms with van der Waals surface area (Å²) in [7, 11) is -0.142. The third kappa shape index (κ3) is 3.72. The molecule has 1 aliphatic heterocycles. The van der Waals surface area contributed by atoms with Crippen molar-refractivity contribution in [2.45, 2.75) is 37.0 Å². The van der Waals surface area contributed by atoms with Gasteiger partial charge in [-0.25, -0.2) is 14.3 Å². The molecular formula is C21H26BrN5O4S. The average molecular weight is 524 g/mol. The first-order valence-electron chi connectivity index (χ1n) is 10.1. The maximum atomic E-state index is 12.9. The molecular weight excluding hydrogens is 498 g/mol. The van der Waals surface area contributed by atoms with Gasteiger partial charge in [-0.05, 0) is 71.4 Å². The molecule has 11 heteroatoms. The fourth-order valence-corrected chi connectivity index (χ4v) is 6.73. The Bertz CT molecular complexity index is 1110. The fraction of sp³-hybridized carbons (Fsp3) is 0.381. The lowest BCUT2D eigenvalue weighted by Gasteiger charge is -2.55. The highest BCUT2D eigenvalue weighted by atomic mass is 79.9. The number of nitrogens with zero attached hydrogens (tertiary/aromatic N) is 3. The summed E-state index contributed by atoms with van der Waals surface area (Å²) >= 11 is 3.32. The number of carbonyl (C=O) groups excluding carboxylic acids is 1. The van der Waals surface area contributed by atoms with Crippen LogP contribution in [0.4, 0.5) is 5.69 Å². The van der Waals surface area contributed by atoms with E-state index < -0.39 is 27.5 Å². The number of anilines is 1. The summed E-state index contributed by atoms with van der Waals surface area (Å²) < 4.78 is 29.2. The molecule has 0 saturated heterocycles. The number of aliphatic imine (C=N–C) groups is 1. The lowest BCUT2D eigenvalue weighted by atomic mass is 9.86. The van der Waals surface area contributed by atoms with Crippen molar-refractivity contribution in [3.05, 3.63) is 51.8 Å². The van der Waals surface area contributed by atoms with E-state index >= 15 is 0 Å². The van der Waals surface area contributed by atoms with Gasteiger partial charge in [-0.1, -0.05) is 6.07 Å². The summed E-state index contributed by atoms with van der Waals surface area (Å²) in [6.45, 7) is 1.88. The molecule has 5 N–H and O–H groups in total. The van der Waals surface area contributed by atoms with Gasteiger partial charge in [0.2, 0.25) is 5.96 Å². The van der Waals surface area contributed by atoms with Crippen LogP contribution in [0.25, 0.3) is 0 Å². The minimum atomic E-state index is -3.17. The summed E-state index contributed by atoms with van der Waals surface area (Å²) in [6.07, 6.45) is 3.68. The van der Waals surface area contributed by atoms with E-state index in [2.05, 4.69) is 26.2 Å². The van der Waals surface area contributed by atoms with Gasteiger partial charge in [-0.2, -0.15) is 0 Å². The minimum Gasteiger partial charge on any atom is -0.494 e. The molecule has 1 amide bonds. The molecule has 2 heterocycles. The number of hydrogen-bond donors (Lipinski definition) is 4. The van der Waals surface area contributed by atoms with Crippen LogP contribution in [0.2, 0.25) is 0 Å². The number of ether oxygens (including phenoxy) is 1. The number of amides is 1. The number of carbonyl (C=O) groups is 1. The predicted octanol–water partition coefficient (Wildman–Crippen LogP) is 3.95. The highest BCUT2D eigenvalue weighted by Gasteiger charge is 2.51. The highest BCUT2D eigenvalue weighted by Crippen LogP contribution is 2.60. The number of halogens is 1. The molecule has 0 fully saturated rings. The quantitative estimate of drug-likeness (QED) is 0.478. The number of nitrogens with two attached hydrogens (primary N) is 1. The maximum absolute atomic E-state index is 12.9. The van der Waals surface area contributed by atoms with Crippen LogP contribution in [0.15, 0.2) is 39.9 Å². The van der Waals surface area contributed by atoms with E-state index in [4.69, 9.17) is 15.5 Å². The van der Waals surface area contributed by atoms with Crippen LogP contribution in [0, 0.1) is 0 Å². The molecule has 2 aromatic rings. The number of guanidine groups is 1. The number of pyridine rings is 1. The molecule has 0 bridgehead atoms. The highest BCUT2D eigenvalue weighted by molar-refractivity contribution is 9.10. The van der Waals surface area contributed by atoms with Gasteiger partial charge in [-0.3, -0.25) is 13.9 Å². The summed E-state index contributed by atoms with van der Waals surface area (Å²) in [4.78, 5) is 21.8. The van der Waals surface area contributed by atoms with E-state index in [1.165, 1.54) is 17.6 Å². The first kappa shape index (κ1) is 22.8. The SMILES string of the molecule is COc1cc(Br)cnc1C(=O)Nc1ccc2c(c1)[C@@]1(C)N=C(N)N(C)S(O)(O)[C@H]1CCC2. The molecule has 2 atom stereocenters. The van der Waals surface area contributed by atoms with Crippen LogP contribution < -0.4 is 15.8 Å². The number of rotatable bonds is 3. The molecule has 4 rings (SSSR count). The normalized spacial score (nSPS) is 25.0. The zero-order chi connectivity index (χ0) is 23.3. The second kappa shape index (κ2) is 8.22. The van der Waals surface area contributed by atoms with E-state index in [0.29, 0.717) is 22.3 Å². The Morgan fingerprint density at radius 1 is 1.41 bits per heavy atom. The maximum Gasteiger partial charge on any atom is 0.278 e. The van der Waals surface area contributed by atoms with Gasteiger partial charge in [0.25, 0.3) is 5.91 Å². The molecule has 1 aromatic carbocycles. The Hall–Kier alpha value is -2.34. The average Bonchev–Trinajstić information content (AvgIpc) is 2.89. The molecule has 0 radical (unpaired) electrons. The van der Waals surface area contributed by atoms with Crippen LogP contribution >= 0.6 is 26.7 Å². The van der Waals surface area contributed by atoms with Crippen molar-refractivity contribution in [3.8, 4) is 5.75 Å². The summed E-state index contributed by atoms with van der Waals surface area (Å²) in [6, 6.07) is 7.28. The van der Waals surface area contributed by atoms with E-state index in [9.17, 15) is 13.9 Å². The van der Waals surface area contributed by atoms with E-state index in [1.54, 1.807) is 13.1 Å². The van der Waals surface area contributed by atoms with Gasteiger partial charge in [0, 0.05) is 23.4 Å². The first-order chi connectivity index (χ1) is 15.1. The zero-order valence-electron chi connectivity index (χ0n) is 18.0. The van der Waals surface area contributed by atoms with Crippen molar-refractivity contribution in [1.82, 2.24) is 9.29 Å². The van der Waals surface area contributed by atoms with Crippen molar-refractivity contribution in [1.29, 1.82) is 0 Å². The lowest BCUT2D eigenvalue weighted by Crippen LogP contribution is -2.53. The lowest BCUT2D eigenvalue weighted by molar-refractivity contribution is 0.101. The second-order valence-corrected chi connectivity index (χ2v) is 11.2. The van der Waals surface area contributed by atoms with Crippen LogP contribution in [0.5, 0.6) is 5.75 Å². The second-order valence-electron chi connectivity index (χ2n) is 8.09. The zero-order valence-corrected chi connectivity index (χ0v) is 20.4. The predicted molar refractivity (Wildman–Crippen MR) is 129 cm³/mol. The molecule has 2 aliphatic rings. The largest absolute Gasteiger partial charge is 0.494 e. The smallest absolute Gasteiger partial charge is 0.278 e. The fourth-order valence-electron chi connectivity index (χ4n) is 4.45. The van der Waals surface area contributed by atoms with Crippen LogP contribution in [-0.4, -0.2) is 49.7 Å². The van der Waals surface area contributed by atoms with Crippen molar-refractivity contribution in [3.63, 3.8) is 0 Å². The van der Waals surface area contributed by atoms with Crippen LogP contribution in [0.3, 0.4) is 0 Å². The summed E-state index contributed by atoms with van der Waals surface area (Å²) in [5.74, 6) is 0.00967. The third-order valence-corrected chi connectivity index (χ3v) is 9.05. The summed E-state index contributed by atoms with van der Waals surface area (Å²) in [5.41, 5.74) is 7.71. The van der Waals surface area contributed by atoms with Gasteiger partial charge >= 0.3 is 0 Å². The Morgan fingerprint density at radius 3 is 2.88 bits per heavy atom. The van der Waals surface area contributed by atoms with Gasteiger partial charge in [0.1, 0.15) is 5.54 Å². The number of nitrogens with one attached hydrogen (secondary N) is 1. The standard InChI is InChI=1S/C21H26BrN5O4S/c1-21-15-10-14(25-19(28)18-16(31-3)9-13(22)11-24-18)8-7-12(15)5-4-6-17(21)32(29,30)27(2)20(23)26-21/h7-11,17,29-30H,4-6H2,1-3H3,(H2,23,26)(H,25,28)/t17-,21+/m0/s1. The van der Waals surface area contributed by atoms with Crippen molar-refractivity contribution in [2.75, 3.05) is 19.5 Å².